The molecule has 8 heteroatoms. The molecule has 2 amide bonds. The van der Waals surface area contributed by atoms with E-state index in [2.05, 4.69) is 5.10 Å². The van der Waals surface area contributed by atoms with Gasteiger partial charge in [-0.05, 0) is 32.3 Å². The number of anilines is 1. The molecule has 1 atom stereocenters. The van der Waals surface area contributed by atoms with Gasteiger partial charge in [0.15, 0.2) is 0 Å². The van der Waals surface area contributed by atoms with E-state index in [0.717, 1.165) is 40.6 Å². The largest absolute Gasteiger partial charge is 0.338 e. The van der Waals surface area contributed by atoms with Crippen LogP contribution < -0.4 is 4.90 Å². The first-order valence-corrected chi connectivity index (χ1v) is 11.4. The van der Waals surface area contributed by atoms with Gasteiger partial charge < -0.3 is 4.90 Å². The van der Waals surface area contributed by atoms with Gasteiger partial charge in [0.1, 0.15) is 11.6 Å². The predicted molar refractivity (Wildman–Crippen MR) is 124 cm³/mol. The smallest absolute Gasteiger partial charge is 0.257 e. The Balaban J connectivity index is 1.41. The maximum atomic E-state index is 13.0. The van der Waals surface area contributed by atoms with Crippen LogP contribution in [0.15, 0.2) is 36.5 Å². The van der Waals surface area contributed by atoms with Gasteiger partial charge >= 0.3 is 0 Å². The molecule has 2 aliphatic heterocycles. The number of hydrogen-bond donors (Lipinski definition) is 0. The van der Waals surface area contributed by atoms with E-state index < -0.39 is 0 Å². The third kappa shape index (κ3) is 3.90. The van der Waals surface area contributed by atoms with E-state index in [9.17, 15) is 9.59 Å². The van der Waals surface area contributed by atoms with Gasteiger partial charge in [0.2, 0.25) is 5.91 Å². The summed E-state index contributed by atoms with van der Waals surface area (Å²) in [5.74, 6) is 1.58. The lowest BCUT2D eigenvalue weighted by Gasteiger charge is -2.30. The molecule has 3 aromatic rings. The highest BCUT2D eigenvalue weighted by molar-refractivity contribution is 5.96. The monoisotopic (exact) mass is 444 g/mol. The predicted octanol–water partition coefficient (Wildman–Crippen LogP) is 2.94. The van der Waals surface area contributed by atoms with Crippen LogP contribution in [0.4, 0.5) is 5.82 Å². The summed E-state index contributed by atoms with van der Waals surface area (Å²) in [6.45, 7) is 5.62. The first-order chi connectivity index (χ1) is 15.9. The fourth-order valence-electron chi connectivity index (χ4n) is 4.75. The Morgan fingerprint density at radius 3 is 2.64 bits per heavy atom. The number of amides is 2. The molecule has 1 aromatic carbocycles. The molecule has 1 fully saturated rings. The van der Waals surface area contributed by atoms with Crippen LogP contribution in [0.1, 0.15) is 57.5 Å². The fraction of sp³-hybridized carbons (Fsp3) is 0.400. The molecule has 170 valence electrons. The quantitative estimate of drug-likeness (QED) is 0.618. The molecule has 2 aliphatic rings. The van der Waals surface area contributed by atoms with Crippen molar-refractivity contribution in [3.8, 4) is 0 Å². The Kier molecular flexibility index (Phi) is 5.44. The zero-order valence-electron chi connectivity index (χ0n) is 19.3. The molecule has 2 aromatic heterocycles. The molecule has 0 radical (unpaired) electrons. The zero-order chi connectivity index (χ0) is 23.1. The van der Waals surface area contributed by atoms with Crippen LogP contribution in [-0.4, -0.2) is 49.6 Å². The number of aromatic nitrogens is 4. The number of rotatable bonds is 4. The number of likely N-dealkylation sites (tertiary alicyclic amines) is 1. The molecule has 0 bridgehead atoms. The second kappa shape index (κ2) is 8.42. The molecule has 5 rings (SSSR count). The summed E-state index contributed by atoms with van der Waals surface area (Å²) in [4.78, 5) is 39.3. The van der Waals surface area contributed by atoms with Crippen molar-refractivity contribution in [1.82, 2.24) is 24.6 Å². The van der Waals surface area contributed by atoms with E-state index in [1.807, 2.05) is 56.1 Å². The Bertz CT molecular complexity index is 1220. The van der Waals surface area contributed by atoms with Crippen molar-refractivity contribution in [2.45, 2.75) is 45.6 Å². The van der Waals surface area contributed by atoms with Crippen LogP contribution in [0.25, 0.3) is 0 Å². The highest BCUT2D eigenvalue weighted by Gasteiger charge is 2.34. The summed E-state index contributed by atoms with van der Waals surface area (Å²) < 4.78 is 1.72. The molecule has 0 unspecified atom stereocenters. The number of carbonyl (C=O) groups excluding carboxylic acids is 2. The lowest BCUT2D eigenvalue weighted by molar-refractivity contribution is -0.119. The highest BCUT2D eigenvalue weighted by Crippen LogP contribution is 2.33. The molecule has 4 heterocycles. The van der Waals surface area contributed by atoms with Crippen molar-refractivity contribution >= 4 is 17.6 Å². The van der Waals surface area contributed by atoms with Crippen LogP contribution >= 0.6 is 0 Å². The highest BCUT2D eigenvalue weighted by atomic mass is 16.2. The summed E-state index contributed by atoms with van der Waals surface area (Å²) in [6.07, 6.45) is 3.58. The number of fused-ring (bicyclic) bond motifs is 1. The lowest BCUT2D eigenvalue weighted by Crippen LogP contribution is -2.36. The van der Waals surface area contributed by atoms with Crippen LogP contribution in [0.5, 0.6) is 0 Å². The summed E-state index contributed by atoms with van der Waals surface area (Å²) in [7, 11) is 1.84. The minimum absolute atomic E-state index is 0.00124. The van der Waals surface area contributed by atoms with Crippen LogP contribution in [0.2, 0.25) is 0 Å². The van der Waals surface area contributed by atoms with Gasteiger partial charge in [-0.2, -0.15) is 5.10 Å². The van der Waals surface area contributed by atoms with Gasteiger partial charge in [-0.15, -0.1) is 0 Å². The Morgan fingerprint density at radius 1 is 1.12 bits per heavy atom. The Labute approximate surface area is 193 Å². The zero-order valence-corrected chi connectivity index (χ0v) is 19.3. The molecule has 0 N–H and O–H groups in total. The molecule has 8 nitrogen and oxygen atoms in total. The molecule has 0 saturated carbocycles. The average molecular weight is 445 g/mol. The minimum atomic E-state index is -0.00124. The Hall–Kier alpha value is -3.55. The average Bonchev–Trinajstić information content (AvgIpc) is 3.43. The van der Waals surface area contributed by atoms with Crippen LogP contribution in [0, 0.1) is 13.8 Å². The molecule has 1 saturated heterocycles. The van der Waals surface area contributed by atoms with Crippen molar-refractivity contribution in [1.29, 1.82) is 0 Å². The van der Waals surface area contributed by atoms with Crippen molar-refractivity contribution in [2.75, 3.05) is 18.0 Å². The Morgan fingerprint density at radius 2 is 1.91 bits per heavy atom. The third-order valence-corrected chi connectivity index (χ3v) is 6.84. The first-order valence-electron chi connectivity index (χ1n) is 11.4. The van der Waals surface area contributed by atoms with E-state index in [1.165, 1.54) is 0 Å². The van der Waals surface area contributed by atoms with E-state index in [1.54, 1.807) is 15.8 Å². The van der Waals surface area contributed by atoms with Gasteiger partial charge in [0.25, 0.3) is 5.91 Å². The van der Waals surface area contributed by atoms with Crippen molar-refractivity contribution < 1.29 is 9.59 Å². The van der Waals surface area contributed by atoms with Gasteiger partial charge in [0, 0.05) is 49.4 Å². The normalized spacial score (nSPS) is 18.0. The maximum Gasteiger partial charge on any atom is 0.257 e. The van der Waals surface area contributed by atoms with Gasteiger partial charge in [-0.3, -0.25) is 19.2 Å². The molecular formula is C25H28N6O2. The molecule has 0 spiro atoms. The summed E-state index contributed by atoms with van der Waals surface area (Å²) in [5, 5.41) is 4.20. The van der Waals surface area contributed by atoms with Gasteiger partial charge in [-0.25, -0.2) is 9.97 Å². The molecular weight excluding hydrogens is 416 g/mol. The SMILES string of the molecule is Cc1nc([C@@H]2CCN(C(=O)c3cnn(C)c3C)C2)nc2c1CCC(=O)N2Cc1ccccc1. The van der Waals surface area contributed by atoms with E-state index in [4.69, 9.17) is 9.97 Å². The fourth-order valence-corrected chi connectivity index (χ4v) is 4.75. The summed E-state index contributed by atoms with van der Waals surface area (Å²) in [5.41, 5.74) is 4.54. The van der Waals surface area contributed by atoms with Gasteiger partial charge in [0.05, 0.1) is 18.3 Å². The van der Waals surface area contributed by atoms with E-state index in [-0.39, 0.29) is 17.7 Å². The van der Waals surface area contributed by atoms with Crippen molar-refractivity contribution in [3.05, 3.63) is 70.4 Å². The lowest BCUT2D eigenvalue weighted by atomic mass is 10.0. The van der Waals surface area contributed by atoms with Crippen molar-refractivity contribution in [3.63, 3.8) is 0 Å². The number of carbonyl (C=O) groups is 2. The van der Waals surface area contributed by atoms with Gasteiger partial charge in [-0.1, -0.05) is 30.3 Å². The molecule has 0 aliphatic carbocycles. The molecule has 33 heavy (non-hydrogen) atoms. The summed E-state index contributed by atoms with van der Waals surface area (Å²) >= 11 is 0. The second-order valence-electron chi connectivity index (χ2n) is 8.94. The maximum absolute atomic E-state index is 13.0. The number of benzene rings is 1. The van der Waals surface area contributed by atoms with Crippen molar-refractivity contribution in [2.24, 2.45) is 7.05 Å². The minimum Gasteiger partial charge on any atom is -0.338 e. The number of nitrogens with zero attached hydrogens (tertiary/aromatic N) is 6. The van der Waals surface area contributed by atoms with E-state index >= 15 is 0 Å². The number of hydrogen-bond acceptors (Lipinski definition) is 5. The standard InChI is InChI=1S/C25H28N6O2/c1-16-20-9-10-22(32)31(14-18-7-5-4-6-8-18)24(20)28-23(27-16)19-11-12-30(15-19)25(33)21-13-26-29(3)17(21)2/h4-8,13,19H,9-12,14-15H2,1-3H3/t19-/m1/s1. The third-order valence-electron chi connectivity index (χ3n) is 6.84. The first kappa shape index (κ1) is 21.3. The summed E-state index contributed by atoms with van der Waals surface area (Å²) in [6, 6.07) is 9.99. The topological polar surface area (TPSA) is 84.2 Å². The van der Waals surface area contributed by atoms with Crippen LogP contribution in [-0.2, 0) is 24.8 Å². The van der Waals surface area contributed by atoms with Crippen LogP contribution in [0.3, 0.4) is 0 Å². The van der Waals surface area contributed by atoms with E-state index in [0.29, 0.717) is 38.0 Å². The number of aryl methyl sites for hydroxylation is 2. The second-order valence-corrected chi connectivity index (χ2v) is 8.94.